The standard InChI is InChI=1S/C24H22BrN3O/c1-15-5-8-22(11-16(15)2)27-24(29)20(14-26)13-19-12-17(3)28(18(19)4)23-9-6-21(25)7-10-23/h5-13H,1-4H3,(H,27,29)/b20-13+. The number of hydrogen-bond acceptors (Lipinski definition) is 2. The molecule has 0 fully saturated rings. The third-order valence-corrected chi connectivity index (χ3v) is 5.51. The Bertz CT molecular complexity index is 1150. The number of anilines is 1. The molecule has 0 aliphatic rings. The zero-order valence-electron chi connectivity index (χ0n) is 16.9. The lowest BCUT2D eigenvalue weighted by molar-refractivity contribution is -0.112. The fraction of sp³-hybridized carbons (Fsp3) is 0.167. The van der Waals surface area contributed by atoms with Crippen LogP contribution in [0.5, 0.6) is 0 Å². The molecule has 5 heteroatoms. The monoisotopic (exact) mass is 447 g/mol. The molecule has 3 rings (SSSR count). The summed E-state index contributed by atoms with van der Waals surface area (Å²) in [6.07, 6.45) is 1.65. The van der Waals surface area contributed by atoms with Gasteiger partial charge in [0.05, 0.1) is 0 Å². The fourth-order valence-corrected chi connectivity index (χ4v) is 3.51. The molecule has 0 saturated heterocycles. The van der Waals surface area contributed by atoms with E-state index in [9.17, 15) is 10.1 Å². The van der Waals surface area contributed by atoms with Gasteiger partial charge >= 0.3 is 0 Å². The van der Waals surface area contributed by atoms with Gasteiger partial charge < -0.3 is 9.88 Å². The Balaban J connectivity index is 1.92. The lowest BCUT2D eigenvalue weighted by Gasteiger charge is -2.10. The van der Waals surface area contributed by atoms with E-state index < -0.39 is 5.91 Å². The number of amides is 1. The van der Waals surface area contributed by atoms with Gasteiger partial charge in [-0.3, -0.25) is 4.79 Å². The van der Waals surface area contributed by atoms with Crippen LogP contribution >= 0.6 is 15.9 Å². The highest BCUT2D eigenvalue weighted by Crippen LogP contribution is 2.24. The molecule has 2 aromatic carbocycles. The summed E-state index contributed by atoms with van der Waals surface area (Å²) in [5.41, 5.74) is 6.86. The Labute approximate surface area is 179 Å². The molecule has 4 nitrogen and oxygen atoms in total. The quantitative estimate of drug-likeness (QED) is 0.392. The number of halogens is 1. The molecule has 1 N–H and O–H groups in total. The van der Waals surface area contributed by atoms with Gasteiger partial charge in [0.25, 0.3) is 5.91 Å². The smallest absolute Gasteiger partial charge is 0.266 e. The lowest BCUT2D eigenvalue weighted by atomic mass is 10.1. The average molecular weight is 448 g/mol. The minimum absolute atomic E-state index is 0.0688. The van der Waals surface area contributed by atoms with E-state index in [0.29, 0.717) is 5.69 Å². The maximum Gasteiger partial charge on any atom is 0.266 e. The fourth-order valence-electron chi connectivity index (χ4n) is 3.24. The van der Waals surface area contributed by atoms with Gasteiger partial charge in [-0.15, -0.1) is 0 Å². The number of carbonyl (C=O) groups is 1. The van der Waals surface area contributed by atoms with Gasteiger partial charge in [-0.1, -0.05) is 22.0 Å². The van der Waals surface area contributed by atoms with Crippen molar-refractivity contribution in [2.45, 2.75) is 27.7 Å². The topological polar surface area (TPSA) is 57.8 Å². The number of nitriles is 1. The van der Waals surface area contributed by atoms with Crippen LogP contribution in [0, 0.1) is 39.0 Å². The second-order valence-electron chi connectivity index (χ2n) is 7.06. The zero-order valence-corrected chi connectivity index (χ0v) is 18.5. The largest absolute Gasteiger partial charge is 0.321 e. The molecule has 0 aliphatic heterocycles. The van der Waals surface area contributed by atoms with Crippen LogP contribution in [-0.2, 0) is 4.79 Å². The van der Waals surface area contributed by atoms with Gasteiger partial charge in [0.2, 0.25) is 0 Å². The first-order chi connectivity index (χ1) is 13.8. The number of hydrogen-bond donors (Lipinski definition) is 1. The van der Waals surface area contributed by atoms with E-state index in [0.717, 1.165) is 38.2 Å². The molecule has 0 aliphatic carbocycles. The van der Waals surface area contributed by atoms with E-state index >= 15 is 0 Å². The summed E-state index contributed by atoms with van der Waals surface area (Å²) in [5, 5.41) is 12.4. The van der Waals surface area contributed by atoms with Gasteiger partial charge in [0.1, 0.15) is 11.6 Å². The minimum Gasteiger partial charge on any atom is -0.321 e. The van der Waals surface area contributed by atoms with E-state index in [1.165, 1.54) is 0 Å². The first-order valence-electron chi connectivity index (χ1n) is 9.25. The van der Waals surface area contributed by atoms with Crippen molar-refractivity contribution in [1.29, 1.82) is 5.26 Å². The van der Waals surface area contributed by atoms with Crippen molar-refractivity contribution in [2.75, 3.05) is 5.32 Å². The van der Waals surface area contributed by atoms with Crippen LogP contribution in [0.2, 0.25) is 0 Å². The third-order valence-electron chi connectivity index (χ3n) is 4.98. The average Bonchev–Trinajstić information content (AvgIpc) is 2.96. The molecule has 1 aromatic heterocycles. The van der Waals surface area contributed by atoms with Crippen molar-refractivity contribution >= 4 is 33.6 Å². The maximum absolute atomic E-state index is 12.6. The highest BCUT2D eigenvalue weighted by atomic mass is 79.9. The number of nitrogens with zero attached hydrogens (tertiary/aromatic N) is 2. The van der Waals surface area contributed by atoms with Crippen LogP contribution in [0.3, 0.4) is 0 Å². The molecular formula is C24H22BrN3O. The van der Waals surface area contributed by atoms with Crippen LogP contribution in [0.25, 0.3) is 11.8 Å². The molecule has 0 spiro atoms. The Morgan fingerprint density at radius 2 is 1.72 bits per heavy atom. The highest BCUT2D eigenvalue weighted by molar-refractivity contribution is 9.10. The van der Waals surface area contributed by atoms with Crippen molar-refractivity contribution in [3.63, 3.8) is 0 Å². The lowest BCUT2D eigenvalue weighted by Crippen LogP contribution is -2.13. The van der Waals surface area contributed by atoms with Crippen LogP contribution in [-0.4, -0.2) is 10.5 Å². The molecule has 3 aromatic rings. The SMILES string of the molecule is Cc1ccc(NC(=O)/C(C#N)=C/c2cc(C)n(-c3ccc(Br)cc3)c2C)cc1C. The molecule has 1 amide bonds. The summed E-state index contributed by atoms with van der Waals surface area (Å²) >= 11 is 3.45. The van der Waals surface area contributed by atoms with Crippen LogP contribution in [0.15, 0.2) is 58.6 Å². The Hall–Kier alpha value is -3.10. The predicted octanol–water partition coefficient (Wildman–Crippen LogP) is 6.02. The summed E-state index contributed by atoms with van der Waals surface area (Å²) in [7, 11) is 0. The van der Waals surface area contributed by atoms with Crippen molar-refractivity contribution in [3.05, 3.63) is 86.7 Å². The number of rotatable bonds is 4. The zero-order chi connectivity index (χ0) is 21.1. The van der Waals surface area contributed by atoms with Gasteiger partial charge in [-0.2, -0.15) is 5.26 Å². The number of nitrogens with one attached hydrogen (secondary N) is 1. The van der Waals surface area contributed by atoms with Gasteiger partial charge in [-0.25, -0.2) is 0 Å². The van der Waals surface area contributed by atoms with Gasteiger partial charge in [0.15, 0.2) is 0 Å². The molecular weight excluding hydrogens is 426 g/mol. The highest BCUT2D eigenvalue weighted by Gasteiger charge is 2.14. The second kappa shape index (κ2) is 8.50. The molecule has 0 atom stereocenters. The van der Waals surface area contributed by atoms with Crippen molar-refractivity contribution in [2.24, 2.45) is 0 Å². The van der Waals surface area contributed by atoms with Gasteiger partial charge in [0, 0.05) is 27.2 Å². The Morgan fingerprint density at radius 3 is 2.34 bits per heavy atom. The first-order valence-corrected chi connectivity index (χ1v) is 10.0. The van der Waals surface area contributed by atoms with Crippen molar-refractivity contribution in [1.82, 2.24) is 4.57 Å². The van der Waals surface area contributed by atoms with Crippen molar-refractivity contribution < 1.29 is 4.79 Å². The number of aryl methyl sites for hydroxylation is 3. The van der Waals surface area contributed by atoms with Crippen LogP contribution < -0.4 is 5.32 Å². The number of benzene rings is 2. The summed E-state index contributed by atoms with van der Waals surface area (Å²) in [6.45, 7) is 8.00. The summed E-state index contributed by atoms with van der Waals surface area (Å²) in [4.78, 5) is 12.6. The maximum atomic E-state index is 12.6. The summed E-state index contributed by atoms with van der Waals surface area (Å²) in [6, 6.07) is 17.7. The van der Waals surface area contributed by atoms with Crippen molar-refractivity contribution in [3.8, 4) is 11.8 Å². The van der Waals surface area contributed by atoms with Gasteiger partial charge in [-0.05, 0) is 92.9 Å². The second-order valence-corrected chi connectivity index (χ2v) is 7.98. The first kappa shape index (κ1) is 20.6. The molecule has 146 valence electrons. The molecule has 29 heavy (non-hydrogen) atoms. The van der Waals surface area contributed by atoms with E-state index in [2.05, 4.69) is 25.8 Å². The van der Waals surface area contributed by atoms with E-state index in [1.807, 2.05) is 82.3 Å². The van der Waals surface area contributed by atoms with E-state index in [1.54, 1.807) is 6.08 Å². The molecule has 0 saturated carbocycles. The third kappa shape index (κ3) is 4.49. The normalized spacial score (nSPS) is 11.2. The van der Waals surface area contributed by atoms with Crippen LogP contribution in [0.4, 0.5) is 5.69 Å². The van der Waals surface area contributed by atoms with Crippen LogP contribution in [0.1, 0.15) is 28.1 Å². The Morgan fingerprint density at radius 1 is 1.03 bits per heavy atom. The molecule has 0 unspecified atom stereocenters. The molecule has 0 radical (unpaired) electrons. The molecule has 1 heterocycles. The minimum atomic E-state index is -0.413. The predicted molar refractivity (Wildman–Crippen MR) is 121 cm³/mol. The van der Waals surface area contributed by atoms with E-state index in [-0.39, 0.29) is 5.57 Å². The number of aromatic nitrogens is 1. The Kier molecular flexibility index (Phi) is 6.05. The number of carbonyl (C=O) groups excluding carboxylic acids is 1. The van der Waals surface area contributed by atoms with E-state index in [4.69, 9.17) is 0 Å². The summed E-state index contributed by atoms with van der Waals surface area (Å²) in [5.74, 6) is -0.413. The summed E-state index contributed by atoms with van der Waals surface area (Å²) < 4.78 is 3.12. The molecule has 0 bridgehead atoms.